The fraction of sp³-hybridized carbons (Fsp3) is 0.538. The van der Waals surface area contributed by atoms with E-state index in [1.165, 1.54) is 0 Å². The number of hydrogen-bond acceptors (Lipinski definition) is 3. The molecule has 0 amide bonds. The fourth-order valence-electron chi connectivity index (χ4n) is 1.55. The van der Waals surface area contributed by atoms with Crippen molar-refractivity contribution in [1.29, 1.82) is 0 Å². The van der Waals surface area contributed by atoms with Gasteiger partial charge in [0, 0.05) is 5.54 Å². The van der Waals surface area contributed by atoms with Gasteiger partial charge in [0.05, 0.1) is 10.6 Å². The molecule has 96 valence electrons. The molecule has 0 saturated carbocycles. The topological polar surface area (TPSA) is 60.2 Å². The molecule has 2 N–H and O–H groups in total. The average Bonchev–Trinajstić information content (AvgIpc) is 2.18. The first-order valence-corrected chi connectivity index (χ1v) is 7.36. The van der Waals surface area contributed by atoms with Gasteiger partial charge in [0.15, 0.2) is 9.84 Å². The quantitative estimate of drug-likeness (QED) is 0.897. The number of benzene rings is 1. The number of hydrogen-bond donors (Lipinski definition) is 1. The lowest BCUT2D eigenvalue weighted by molar-refractivity contribution is 0.495. The van der Waals surface area contributed by atoms with Gasteiger partial charge in [-0.05, 0) is 51.3 Å². The van der Waals surface area contributed by atoms with E-state index in [-0.39, 0.29) is 5.75 Å². The minimum absolute atomic E-state index is 0.0980. The highest BCUT2D eigenvalue weighted by molar-refractivity contribution is 7.91. The van der Waals surface area contributed by atoms with Gasteiger partial charge in [-0.25, -0.2) is 8.42 Å². The Morgan fingerprint density at radius 3 is 2.35 bits per heavy atom. The van der Waals surface area contributed by atoms with Crippen LogP contribution in [0.15, 0.2) is 23.1 Å². The summed E-state index contributed by atoms with van der Waals surface area (Å²) >= 11 is 0. The van der Waals surface area contributed by atoms with E-state index in [0.29, 0.717) is 11.3 Å². The van der Waals surface area contributed by atoms with Crippen LogP contribution >= 0.6 is 0 Å². The van der Waals surface area contributed by atoms with Crippen LogP contribution in [-0.2, 0) is 9.84 Å². The maximum atomic E-state index is 12.2. The third-order valence-corrected chi connectivity index (χ3v) is 4.55. The van der Waals surface area contributed by atoms with Crippen LogP contribution < -0.4 is 5.73 Å². The Balaban J connectivity index is 3.02. The van der Waals surface area contributed by atoms with Gasteiger partial charge in [0.2, 0.25) is 0 Å². The third kappa shape index (κ3) is 4.13. The Morgan fingerprint density at radius 2 is 1.82 bits per heavy atom. The Morgan fingerprint density at radius 1 is 1.24 bits per heavy atom. The molecule has 0 aliphatic heterocycles. The van der Waals surface area contributed by atoms with Crippen molar-refractivity contribution in [3.8, 4) is 0 Å². The van der Waals surface area contributed by atoms with Crippen LogP contribution in [0.4, 0.5) is 0 Å². The molecular formula is C13H21NO2S. The second-order valence-corrected chi connectivity index (χ2v) is 7.40. The van der Waals surface area contributed by atoms with Crippen molar-refractivity contribution in [1.82, 2.24) is 0 Å². The lowest BCUT2D eigenvalue weighted by Gasteiger charge is -2.18. The Labute approximate surface area is 104 Å². The van der Waals surface area contributed by atoms with Crippen molar-refractivity contribution in [3.63, 3.8) is 0 Å². The Kier molecular flexibility index (Phi) is 3.99. The lowest BCUT2D eigenvalue weighted by Crippen LogP contribution is -2.34. The van der Waals surface area contributed by atoms with E-state index in [9.17, 15) is 8.42 Å². The predicted octanol–water partition coefficient (Wildman–Crippen LogP) is 2.20. The van der Waals surface area contributed by atoms with Crippen LogP contribution in [0.5, 0.6) is 0 Å². The molecule has 1 aromatic rings. The summed E-state index contributed by atoms with van der Waals surface area (Å²) < 4.78 is 24.4. The molecule has 17 heavy (non-hydrogen) atoms. The van der Waals surface area contributed by atoms with Crippen LogP contribution in [-0.4, -0.2) is 19.7 Å². The largest absolute Gasteiger partial charge is 0.326 e. The molecule has 0 radical (unpaired) electrons. The van der Waals surface area contributed by atoms with Crippen molar-refractivity contribution in [3.05, 3.63) is 29.3 Å². The molecule has 0 aromatic heterocycles. The molecule has 0 atom stereocenters. The van der Waals surface area contributed by atoms with Crippen molar-refractivity contribution >= 4 is 9.84 Å². The van der Waals surface area contributed by atoms with Gasteiger partial charge < -0.3 is 5.73 Å². The summed E-state index contributed by atoms with van der Waals surface area (Å²) in [4.78, 5) is 0.432. The van der Waals surface area contributed by atoms with Crippen LogP contribution in [0.3, 0.4) is 0 Å². The fourth-order valence-corrected chi connectivity index (χ4v) is 3.49. The maximum Gasteiger partial charge on any atom is 0.178 e. The van der Waals surface area contributed by atoms with E-state index in [0.717, 1.165) is 11.1 Å². The summed E-state index contributed by atoms with van der Waals surface area (Å²) in [5.74, 6) is 0.0980. The second kappa shape index (κ2) is 4.78. The molecular weight excluding hydrogens is 234 g/mol. The molecule has 0 saturated heterocycles. The molecule has 1 rings (SSSR count). The highest BCUT2D eigenvalue weighted by Crippen LogP contribution is 2.20. The van der Waals surface area contributed by atoms with Gasteiger partial charge in [-0.1, -0.05) is 12.1 Å². The smallest absolute Gasteiger partial charge is 0.178 e. The van der Waals surface area contributed by atoms with Crippen LogP contribution in [0.25, 0.3) is 0 Å². The zero-order valence-electron chi connectivity index (χ0n) is 10.9. The molecule has 0 fully saturated rings. The van der Waals surface area contributed by atoms with Gasteiger partial charge in [-0.15, -0.1) is 0 Å². The first kappa shape index (κ1) is 14.2. The molecule has 0 aliphatic carbocycles. The minimum atomic E-state index is -3.23. The van der Waals surface area contributed by atoms with Gasteiger partial charge in [-0.2, -0.15) is 0 Å². The van der Waals surface area contributed by atoms with Gasteiger partial charge in [0.25, 0.3) is 0 Å². The van der Waals surface area contributed by atoms with E-state index in [1.807, 2.05) is 39.8 Å². The van der Waals surface area contributed by atoms with E-state index in [4.69, 9.17) is 5.73 Å². The predicted molar refractivity (Wildman–Crippen MR) is 70.9 cm³/mol. The summed E-state index contributed by atoms with van der Waals surface area (Å²) in [6.45, 7) is 7.39. The summed E-state index contributed by atoms with van der Waals surface area (Å²) in [6, 6.07) is 5.49. The average molecular weight is 255 g/mol. The Bertz CT molecular complexity index is 499. The van der Waals surface area contributed by atoms with Crippen molar-refractivity contribution in [2.45, 2.75) is 44.6 Å². The van der Waals surface area contributed by atoms with Crippen LogP contribution in [0.1, 0.15) is 31.4 Å². The lowest BCUT2D eigenvalue weighted by atomic mass is 10.0. The zero-order chi connectivity index (χ0) is 13.3. The van der Waals surface area contributed by atoms with Gasteiger partial charge >= 0.3 is 0 Å². The number of nitrogens with two attached hydrogens (primary N) is 1. The van der Waals surface area contributed by atoms with Crippen LogP contribution in [0.2, 0.25) is 0 Å². The second-order valence-electron chi connectivity index (χ2n) is 5.33. The van der Waals surface area contributed by atoms with E-state index in [2.05, 4.69) is 0 Å². The SMILES string of the molecule is Cc1ccc(C)c(S(=O)(=O)CCC(C)(C)N)c1. The van der Waals surface area contributed by atoms with Crippen molar-refractivity contribution < 1.29 is 8.42 Å². The third-order valence-electron chi connectivity index (χ3n) is 2.69. The highest BCUT2D eigenvalue weighted by Gasteiger charge is 2.21. The Hall–Kier alpha value is -0.870. The summed E-state index contributed by atoms with van der Waals surface area (Å²) in [6.07, 6.45) is 0.461. The highest BCUT2D eigenvalue weighted by atomic mass is 32.2. The summed E-state index contributed by atoms with van der Waals surface area (Å²) in [5, 5.41) is 0. The monoisotopic (exact) mass is 255 g/mol. The summed E-state index contributed by atoms with van der Waals surface area (Å²) in [7, 11) is -3.23. The molecule has 3 nitrogen and oxygen atoms in total. The first-order chi connectivity index (χ1) is 7.62. The van der Waals surface area contributed by atoms with Crippen molar-refractivity contribution in [2.24, 2.45) is 5.73 Å². The van der Waals surface area contributed by atoms with Gasteiger partial charge in [0.1, 0.15) is 0 Å². The van der Waals surface area contributed by atoms with Crippen molar-refractivity contribution in [2.75, 3.05) is 5.75 Å². The minimum Gasteiger partial charge on any atom is -0.326 e. The number of sulfone groups is 1. The first-order valence-electron chi connectivity index (χ1n) is 5.71. The summed E-state index contributed by atoms with van der Waals surface area (Å²) in [5.41, 5.74) is 7.13. The van der Waals surface area contributed by atoms with E-state index in [1.54, 1.807) is 6.07 Å². The molecule has 0 bridgehead atoms. The molecule has 1 aromatic carbocycles. The van der Waals surface area contributed by atoms with E-state index >= 15 is 0 Å². The van der Waals surface area contributed by atoms with E-state index < -0.39 is 15.4 Å². The normalized spacial score (nSPS) is 12.8. The number of aryl methyl sites for hydroxylation is 2. The molecule has 0 heterocycles. The number of rotatable bonds is 4. The zero-order valence-corrected chi connectivity index (χ0v) is 11.8. The molecule has 0 aliphatic rings. The van der Waals surface area contributed by atoms with Crippen LogP contribution in [0, 0.1) is 13.8 Å². The maximum absolute atomic E-state index is 12.2. The molecule has 4 heteroatoms. The molecule has 0 spiro atoms. The standard InChI is InChI=1S/C13H21NO2S/c1-10-5-6-11(2)12(9-10)17(15,16)8-7-13(3,4)14/h5-6,9H,7-8,14H2,1-4H3. The molecule has 0 unspecified atom stereocenters. The van der Waals surface area contributed by atoms with Gasteiger partial charge in [-0.3, -0.25) is 0 Å².